The van der Waals surface area contributed by atoms with Gasteiger partial charge < -0.3 is 0 Å². The van der Waals surface area contributed by atoms with Crippen molar-refractivity contribution in [2.45, 2.75) is 33.7 Å². The quantitative estimate of drug-likeness (QED) is 0.815. The van der Waals surface area contributed by atoms with Gasteiger partial charge in [-0.25, -0.2) is 4.79 Å². The van der Waals surface area contributed by atoms with E-state index in [2.05, 4.69) is 10.3 Å². The number of amides is 3. The average molecular weight is 250 g/mol. The molecule has 1 unspecified atom stereocenters. The van der Waals surface area contributed by atoms with Crippen molar-refractivity contribution in [1.29, 1.82) is 5.26 Å². The van der Waals surface area contributed by atoms with Gasteiger partial charge in [-0.15, -0.1) is 0 Å². The Morgan fingerprint density at radius 3 is 2.44 bits per heavy atom. The number of carbonyl (C=O) groups excluding carboxylic acids is 2. The smallest absolute Gasteiger partial charge is 0.294 e. The van der Waals surface area contributed by atoms with Crippen molar-refractivity contribution in [3.05, 3.63) is 0 Å². The third kappa shape index (κ3) is 2.86. The van der Waals surface area contributed by atoms with E-state index in [1.165, 1.54) is 0 Å². The van der Waals surface area contributed by atoms with Gasteiger partial charge in [-0.2, -0.15) is 5.26 Å². The van der Waals surface area contributed by atoms with Gasteiger partial charge in [0.15, 0.2) is 5.92 Å². The monoisotopic (exact) mass is 250 g/mol. The fourth-order valence-corrected chi connectivity index (χ4v) is 1.62. The largest absolute Gasteiger partial charge is 0.329 e. The molecule has 1 fully saturated rings. The fraction of sp³-hybridized carbons (Fsp3) is 0.667. The van der Waals surface area contributed by atoms with Gasteiger partial charge in [-0.05, 0) is 19.8 Å². The van der Waals surface area contributed by atoms with Crippen molar-refractivity contribution >= 4 is 17.8 Å². The van der Waals surface area contributed by atoms with Gasteiger partial charge in [0.05, 0.1) is 6.07 Å². The number of amidine groups is 1. The minimum absolute atomic E-state index is 0.165. The van der Waals surface area contributed by atoms with Crippen LogP contribution in [0.15, 0.2) is 4.99 Å². The van der Waals surface area contributed by atoms with E-state index in [0.717, 1.165) is 4.90 Å². The summed E-state index contributed by atoms with van der Waals surface area (Å²) in [7, 11) is 0. The average Bonchev–Trinajstić information content (AvgIpc) is 2.25. The summed E-state index contributed by atoms with van der Waals surface area (Å²) in [6.07, 6.45) is 0. The number of nitriles is 1. The first kappa shape index (κ1) is 14.2. The summed E-state index contributed by atoms with van der Waals surface area (Å²) in [5.74, 6) is -1.05. The Morgan fingerprint density at radius 2 is 2.00 bits per heavy atom. The molecule has 6 nitrogen and oxygen atoms in total. The maximum atomic E-state index is 12.0. The van der Waals surface area contributed by atoms with E-state index >= 15 is 0 Å². The van der Waals surface area contributed by atoms with Crippen LogP contribution in [0, 0.1) is 23.2 Å². The van der Waals surface area contributed by atoms with Crippen LogP contribution in [-0.2, 0) is 4.79 Å². The molecule has 3 amide bonds. The summed E-state index contributed by atoms with van der Waals surface area (Å²) < 4.78 is 0. The molecule has 0 aromatic rings. The zero-order valence-corrected chi connectivity index (χ0v) is 11.1. The molecule has 0 aromatic heterocycles. The number of nitrogens with one attached hydrogen (secondary N) is 1. The highest BCUT2D eigenvalue weighted by molar-refractivity contribution is 6.19. The molecule has 0 bridgehead atoms. The van der Waals surface area contributed by atoms with Crippen molar-refractivity contribution < 1.29 is 9.59 Å². The van der Waals surface area contributed by atoms with E-state index in [0.29, 0.717) is 12.5 Å². The molecular weight excluding hydrogens is 232 g/mol. The van der Waals surface area contributed by atoms with E-state index in [9.17, 15) is 9.59 Å². The van der Waals surface area contributed by atoms with Gasteiger partial charge in [0.1, 0.15) is 5.84 Å². The topological polar surface area (TPSA) is 85.6 Å². The SMILES string of the molecule is CC(C)CN=C1NC(=O)N(C(C)C)C(=O)C1C#N. The number of imide groups is 1. The molecule has 0 aromatic carbocycles. The lowest BCUT2D eigenvalue weighted by Crippen LogP contribution is -2.59. The molecule has 1 heterocycles. The van der Waals surface area contributed by atoms with Gasteiger partial charge in [0, 0.05) is 12.6 Å². The lowest BCUT2D eigenvalue weighted by Gasteiger charge is -2.32. The number of aliphatic imine (C=N–C) groups is 1. The van der Waals surface area contributed by atoms with E-state index in [1.54, 1.807) is 13.8 Å². The van der Waals surface area contributed by atoms with Crippen LogP contribution in [-0.4, -0.2) is 35.3 Å². The lowest BCUT2D eigenvalue weighted by molar-refractivity contribution is -0.130. The van der Waals surface area contributed by atoms with Gasteiger partial charge in [0.2, 0.25) is 0 Å². The van der Waals surface area contributed by atoms with Crippen molar-refractivity contribution in [3.8, 4) is 6.07 Å². The van der Waals surface area contributed by atoms with Crippen molar-refractivity contribution in [1.82, 2.24) is 10.2 Å². The molecule has 1 aliphatic heterocycles. The molecule has 98 valence electrons. The maximum Gasteiger partial charge on any atom is 0.329 e. The molecule has 0 saturated carbocycles. The first-order valence-electron chi connectivity index (χ1n) is 5.96. The van der Waals surface area contributed by atoms with E-state index in [1.807, 2.05) is 19.9 Å². The minimum atomic E-state index is -1.01. The van der Waals surface area contributed by atoms with Gasteiger partial charge in [-0.1, -0.05) is 13.8 Å². The second-order valence-electron chi connectivity index (χ2n) is 4.91. The Balaban J connectivity index is 3.00. The lowest BCUT2D eigenvalue weighted by atomic mass is 10.0. The van der Waals surface area contributed by atoms with Crippen LogP contribution in [0.4, 0.5) is 4.79 Å². The van der Waals surface area contributed by atoms with Crippen molar-refractivity contribution in [2.75, 3.05) is 6.54 Å². The Bertz CT molecular complexity index is 420. The van der Waals surface area contributed by atoms with Gasteiger partial charge in [-0.3, -0.25) is 20.0 Å². The summed E-state index contributed by atoms with van der Waals surface area (Å²) >= 11 is 0. The number of rotatable bonds is 3. The minimum Gasteiger partial charge on any atom is -0.294 e. The highest BCUT2D eigenvalue weighted by Gasteiger charge is 2.40. The van der Waals surface area contributed by atoms with Crippen molar-refractivity contribution in [2.24, 2.45) is 16.8 Å². The highest BCUT2D eigenvalue weighted by atomic mass is 16.2. The third-order valence-electron chi connectivity index (χ3n) is 2.48. The van der Waals surface area contributed by atoms with E-state index < -0.39 is 17.9 Å². The van der Waals surface area contributed by atoms with Crippen LogP contribution in [0.3, 0.4) is 0 Å². The number of hydrogen-bond donors (Lipinski definition) is 1. The van der Waals surface area contributed by atoms with Crippen LogP contribution in [0.1, 0.15) is 27.7 Å². The molecule has 1 atom stereocenters. The Morgan fingerprint density at radius 1 is 1.39 bits per heavy atom. The zero-order valence-electron chi connectivity index (χ0n) is 11.1. The molecule has 1 aliphatic rings. The number of nitrogens with zero attached hydrogens (tertiary/aromatic N) is 3. The summed E-state index contributed by atoms with van der Waals surface area (Å²) in [5.41, 5.74) is 0. The standard InChI is InChI=1S/C12H18N4O2/c1-7(2)6-14-10-9(5-13)11(17)16(8(3)4)12(18)15-10/h7-9H,6H2,1-4H3,(H,14,15,18). The Kier molecular flexibility index (Phi) is 4.43. The van der Waals surface area contributed by atoms with Crippen LogP contribution in [0.2, 0.25) is 0 Å². The Labute approximate surface area is 107 Å². The molecule has 18 heavy (non-hydrogen) atoms. The van der Waals surface area contributed by atoms with Crippen molar-refractivity contribution in [3.63, 3.8) is 0 Å². The summed E-state index contributed by atoms with van der Waals surface area (Å²) in [5, 5.41) is 11.6. The predicted octanol–water partition coefficient (Wildman–Crippen LogP) is 1.14. The molecule has 0 spiro atoms. The first-order valence-corrected chi connectivity index (χ1v) is 5.96. The molecule has 0 aliphatic carbocycles. The molecule has 6 heteroatoms. The summed E-state index contributed by atoms with van der Waals surface area (Å²) in [6.45, 7) is 7.86. The van der Waals surface area contributed by atoms with Crippen LogP contribution in [0.5, 0.6) is 0 Å². The second kappa shape index (κ2) is 5.63. The van der Waals surface area contributed by atoms with Crippen LogP contribution < -0.4 is 5.32 Å². The zero-order chi connectivity index (χ0) is 13.9. The predicted molar refractivity (Wildman–Crippen MR) is 66.8 cm³/mol. The van der Waals surface area contributed by atoms with Crippen LogP contribution in [0.25, 0.3) is 0 Å². The third-order valence-corrected chi connectivity index (χ3v) is 2.48. The molecule has 1 rings (SSSR count). The van der Waals surface area contributed by atoms with Gasteiger partial charge >= 0.3 is 6.03 Å². The molecule has 1 saturated heterocycles. The van der Waals surface area contributed by atoms with Gasteiger partial charge in [0.25, 0.3) is 5.91 Å². The second-order valence-corrected chi connectivity index (χ2v) is 4.91. The molecule has 1 N–H and O–H groups in total. The summed E-state index contributed by atoms with van der Waals surface area (Å²) in [4.78, 5) is 29.0. The Hall–Kier alpha value is -1.90. The number of hydrogen-bond acceptors (Lipinski definition) is 4. The number of urea groups is 1. The normalized spacial score (nSPS) is 22.6. The van der Waals surface area contributed by atoms with E-state index in [4.69, 9.17) is 5.26 Å². The number of carbonyl (C=O) groups is 2. The molecule has 0 radical (unpaired) electrons. The van der Waals surface area contributed by atoms with E-state index in [-0.39, 0.29) is 11.9 Å². The summed E-state index contributed by atoms with van der Waals surface area (Å²) in [6, 6.07) is 1.11. The maximum absolute atomic E-state index is 12.0. The fourth-order valence-electron chi connectivity index (χ4n) is 1.62. The van der Waals surface area contributed by atoms with Crippen LogP contribution >= 0.6 is 0 Å². The molecular formula is C12H18N4O2. The highest BCUT2D eigenvalue weighted by Crippen LogP contribution is 2.14. The first-order chi connectivity index (χ1) is 8.38.